The number of methoxy groups -OCH3 is 1. The maximum atomic E-state index is 12.2. The van der Waals surface area contributed by atoms with Crippen molar-refractivity contribution in [2.24, 2.45) is 10.3 Å². The van der Waals surface area contributed by atoms with Crippen molar-refractivity contribution in [2.45, 2.75) is 18.2 Å². The number of halogens is 1. The Morgan fingerprint density at radius 3 is 2.64 bits per heavy atom. The zero-order valence-electron chi connectivity index (χ0n) is 12.1. The zero-order chi connectivity index (χ0) is 16.3. The molecule has 9 heteroatoms. The molecule has 0 unspecified atom stereocenters. The quantitative estimate of drug-likeness (QED) is 0.618. The summed E-state index contributed by atoms with van der Waals surface area (Å²) >= 11 is 6.81. The maximum Gasteiger partial charge on any atom is 0.314 e. The van der Waals surface area contributed by atoms with Gasteiger partial charge in [-0.1, -0.05) is 37.6 Å². The van der Waals surface area contributed by atoms with E-state index in [1.54, 1.807) is 38.1 Å². The van der Waals surface area contributed by atoms with Crippen LogP contribution in [0.25, 0.3) is 11.4 Å². The van der Waals surface area contributed by atoms with Crippen LogP contribution in [0.15, 0.2) is 33.0 Å². The monoisotopic (exact) mass is 359 g/mol. The third kappa shape index (κ3) is 3.63. The Bertz CT molecular complexity index is 800. The predicted octanol–water partition coefficient (Wildman–Crippen LogP) is 3.25. The summed E-state index contributed by atoms with van der Waals surface area (Å²) in [4.78, 5) is 4.03. The molecule has 0 fully saturated rings. The summed E-state index contributed by atoms with van der Waals surface area (Å²) in [5.41, 5.74) is 0.571. The second-order valence-corrected chi connectivity index (χ2v) is 7.56. The summed E-state index contributed by atoms with van der Waals surface area (Å²) in [6.45, 7) is 3.57. The Hall–Kier alpha value is -1.51. The molecule has 0 amide bonds. The second kappa shape index (κ2) is 6.72. The lowest BCUT2D eigenvalue weighted by Gasteiger charge is -2.06. The highest BCUT2D eigenvalue weighted by Crippen LogP contribution is 2.28. The standard InChI is InChI=1S/C13H14ClN3O3S2/c1-8(2)12(20-3)17-22(18,19)13-15-11(16-21-13)9-6-4-5-7-10(9)14/h4-8H,1-3H3. The summed E-state index contributed by atoms with van der Waals surface area (Å²) < 4.78 is 37.0. The van der Waals surface area contributed by atoms with Gasteiger partial charge in [0.1, 0.15) is 0 Å². The van der Waals surface area contributed by atoms with E-state index in [0.29, 0.717) is 10.6 Å². The molecule has 0 bridgehead atoms. The summed E-state index contributed by atoms with van der Waals surface area (Å²) in [5, 5.41) is 0.451. The topological polar surface area (TPSA) is 81.5 Å². The van der Waals surface area contributed by atoms with Crippen LogP contribution in [-0.2, 0) is 14.8 Å². The van der Waals surface area contributed by atoms with Gasteiger partial charge in [0.25, 0.3) is 4.34 Å². The summed E-state index contributed by atoms with van der Waals surface area (Å²) in [6, 6.07) is 6.95. The molecule has 0 saturated carbocycles. The Labute approximate surface area is 138 Å². The highest BCUT2D eigenvalue weighted by Gasteiger charge is 2.22. The fourth-order valence-electron chi connectivity index (χ4n) is 1.60. The molecule has 0 aliphatic carbocycles. The average molecular weight is 360 g/mol. The summed E-state index contributed by atoms with van der Waals surface area (Å²) in [5.74, 6) is 0.220. The van der Waals surface area contributed by atoms with Crippen LogP contribution in [0.2, 0.25) is 5.02 Å². The van der Waals surface area contributed by atoms with E-state index in [4.69, 9.17) is 16.3 Å². The van der Waals surface area contributed by atoms with E-state index in [-0.39, 0.29) is 22.0 Å². The fraction of sp³-hybridized carbons (Fsp3) is 0.308. The molecule has 0 aliphatic heterocycles. The third-order valence-corrected chi connectivity index (χ3v) is 5.31. The van der Waals surface area contributed by atoms with Gasteiger partial charge >= 0.3 is 10.0 Å². The van der Waals surface area contributed by atoms with Crippen molar-refractivity contribution in [1.82, 2.24) is 9.36 Å². The molecule has 0 radical (unpaired) electrons. The van der Waals surface area contributed by atoms with Crippen LogP contribution in [0.5, 0.6) is 0 Å². The Morgan fingerprint density at radius 2 is 2.05 bits per heavy atom. The highest BCUT2D eigenvalue weighted by molar-refractivity contribution is 7.92. The van der Waals surface area contributed by atoms with Crippen LogP contribution < -0.4 is 0 Å². The average Bonchev–Trinajstić information content (AvgIpc) is 2.95. The lowest BCUT2D eigenvalue weighted by atomic mass is 10.2. The summed E-state index contributed by atoms with van der Waals surface area (Å²) in [6.07, 6.45) is 0. The minimum Gasteiger partial charge on any atom is -0.483 e. The van der Waals surface area contributed by atoms with E-state index < -0.39 is 10.0 Å². The van der Waals surface area contributed by atoms with Crippen LogP contribution in [0.4, 0.5) is 0 Å². The molecule has 22 heavy (non-hydrogen) atoms. The number of benzene rings is 1. The molecular weight excluding hydrogens is 346 g/mol. The third-order valence-electron chi connectivity index (χ3n) is 2.66. The number of hydrogen-bond donors (Lipinski definition) is 0. The maximum absolute atomic E-state index is 12.2. The van der Waals surface area contributed by atoms with Gasteiger partial charge in [-0.25, -0.2) is 4.98 Å². The zero-order valence-corrected chi connectivity index (χ0v) is 14.5. The molecular formula is C13H14ClN3O3S2. The van der Waals surface area contributed by atoms with E-state index in [0.717, 1.165) is 11.5 Å². The van der Waals surface area contributed by atoms with E-state index in [9.17, 15) is 8.42 Å². The first-order valence-corrected chi connectivity index (χ1v) is 8.91. The molecule has 0 atom stereocenters. The number of hydrogen-bond acceptors (Lipinski definition) is 6. The Kier molecular flexibility index (Phi) is 5.15. The van der Waals surface area contributed by atoms with Gasteiger partial charge in [0.15, 0.2) is 5.82 Å². The predicted molar refractivity (Wildman–Crippen MR) is 86.8 cm³/mol. The van der Waals surface area contributed by atoms with Gasteiger partial charge in [0.2, 0.25) is 5.90 Å². The van der Waals surface area contributed by atoms with Gasteiger partial charge < -0.3 is 4.74 Å². The SMILES string of the molecule is COC(=NS(=O)(=O)c1nc(-c2ccccc2Cl)ns1)C(C)C. The molecule has 1 aromatic carbocycles. The van der Waals surface area contributed by atoms with Crippen LogP contribution >= 0.6 is 23.1 Å². The molecule has 0 spiro atoms. The molecule has 2 aromatic rings. The van der Waals surface area contributed by atoms with Crippen LogP contribution in [-0.4, -0.2) is 30.8 Å². The minimum atomic E-state index is -3.95. The summed E-state index contributed by atoms with van der Waals surface area (Å²) in [7, 11) is -2.57. The molecule has 0 saturated heterocycles. The fourth-order valence-corrected chi connectivity index (χ4v) is 3.66. The van der Waals surface area contributed by atoms with E-state index in [1.165, 1.54) is 7.11 Å². The van der Waals surface area contributed by atoms with Gasteiger partial charge in [-0.05, 0) is 12.1 Å². The van der Waals surface area contributed by atoms with Crippen LogP contribution in [0.1, 0.15) is 13.8 Å². The molecule has 118 valence electrons. The number of nitrogens with zero attached hydrogens (tertiary/aromatic N) is 3. The van der Waals surface area contributed by atoms with Crippen molar-refractivity contribution in [3.63, 3.8) is 0 Å². The highest BCUT2D eigenvalue weighted by atomic mass is 35.5. The first-order chi connectivity index (χ1) is 10.3. The first kappa shape index (κ1) is 16.9. The van der Waals surface area contributed by atoms with Crippen molar-refractivity contribution in [2.75, 3.05) is 7.11 Å². The van der Waals surface area contributed by atoms with Gasteiger partial charge in [0, 0.05) is 23.0 Å². The van der Waals surface area contributed by atoms with Crippen molar-refractivity contribution in [3.8, 4) is 11.4 Å². The van der Waals surface area contributed by atoms with Crippen LogP contribution in [0, 0.1) is 5.92 Å². The molecule has 6 nitrogen and oxygen atoms in total. The van der Waals surface area contributed by atoms with Crippen molar-refractivity contribution < 1.29 is 13.2 Å². The van der Waals surface area contributed by atoms with Crippen molar-refractivity contribution in [1.29, 1.82) is 0 Å². The molecule has 0 aliphatic rings. The second-order valence-electron chi connectivity index (χ2n) is 4.63. The molecule has 2 rings (SSSR count). The first-order valence-electron chi connectivity index (χ1n) is 6.32. The van der Waals surface area contributed by atoms with Gasteiger partial charge in [-0.15, -0.1) is 4.40 Å². The number of ether oxygens (including phenoxy) is 1. The minimum absolute atomic E-state index is 0.120. The lowest BCUT2D eigenvalue weighted by molar-refractivity contribution is 0.376. The Balaban J connectivity index is 2.42. The normalized spacial score (nSPS) is 12.7. The number of sulfonamides is 1. The van der Waals surface area contributed by atoms with Gasteiger partial charge in [-0.2, -0.15) is 12.8 Å². The van der Waals surface area contributed by atoms with Crippen LogP contribution in [0.3, 0.4) is 0 Å². The molecule has 1 heterocycles. The van der Waals surface area contributed by atoms with Crippen molar-refractivity contribution in [3.05, 3.63) is 29.3 Å². The lowest BCUT2D eigenvalue weighted by Crippen LogP contribution is -2.13. The van der Waals surface area contributed by atoms with E-state index >= 15 is 0 Å². The Morgan fingerprint density at radius 1 is 1.36 bits per heavy atom. The smallest absolute Gasteiger partial charge is 0.314 e. The van der Waals surface area contributed by atoms with Gasteiger partial charge in [0.05, 0.1) is 12.1 Å². The number of aromatic nitrogens is 2. The molecule has 1 aromatic heterocycles. The van der Waals surface area contributed by atoms with Crippen molar-refractivity contribution >= 4 is 39.1 Å². The molecule has 0 N–H and O–H groups in total. The van der Waals surface area contributed by atoms with Gasteiger partial charge in [-0.3, -0.25) is 0 Å². The number of rotatable bonds is 4. The van der Waals surface area contributed by atoms with E-state index in [2.05, 4.69) is 13.8 Å². The largest absolute Gasteiger partial charge is 0.483 e. The van der Waals surface area contributed by atoms with E-state index in [1.807, 2.05) is 0 Å².